The minimum absolute atomic E-state index is 0.0350. The number of aliphatic carboxylic acids is 1. The monoisotopic (exact) mass is 432 g/mol. The molecular formula is C15H24N6O5S2. The van der Waals surface area contributed by atoms with Crippen molar-refractivity contribution in [3.63, 3.8) is 0 Å². The quantitative estimate of drug-likeness (QED) is 0.181. The van der Waals surface area contributed by atoms with E-state index >= 15 is 0 Å². The molecule has 11 nitrogen and oxygen atoms in total. The molecule has 0 bridgehead atoms. The molecule has 0 saturated heterocycles. The van der Waals surface area contributed by atoms with E-state index in [4.69, 9.17) is 10.8 Å². The number of hydrogen-bond donors (Lipinski definition) is 8. The van der Waals surface area contributed by atoms with Gasteiger partial charge in [0.1, 0.15) is 18.1 Å². The SMILES string of the molecule is CC(NC(=O)C(Cc1cnc[nH]1)NC(=O)C(CS)NC(=O)C(N)CS)C(=O)O. The zero-order valence-electron chi connectivity index (χ0n) is 15.1. The second-order valence-corrected chi connectivity index (χ2v) is 6.67. The smallest absolute Gasteiger partial charge is 0.325 e. The standard InChI is InChI=1S/C15H24N6O5S2/c1-7(15(25)26)19-13(23)10(2-8-3-17-6-18-8)20-14(24)11(5-28)21-12(22)9(16)4-27/h3,6-7,9-11,27-28H,2,4-5,16H2,1H3,(H,17,18)(H,19,23)(H,20,24)(H,21,22)(H,25,26). The van der Waals surface area contributed by atoms with Gasteiger partial charge in [0.25, 0.3) is 0 Å². The topological polar surface area (TPSA) is 179 Å². The Labute approximate surface area is 172 Å². The first-order chi connectivity index (χ1) is 13.2. The number of hydrogen-bond acceptors (Lipinski definition) is 8. The largest absolute Gasteiger partial charge is 0.480 e. The van der Waals surface area contributed by atoms with Crippen LogP contribution in [0.5, 0.6) is 0 Å². The summed E-state index contributed by atoms with van der Waals surface area (Å²) in [5.41, 5.74) is 6.11. The van der Waals surface area contributed by atoms with Crippen molar-refractivity contribution in [3.05, 3.63) is 18.2 Å². The fourth-order valence-corrected chi connectivity index (χ4v) is 2.45. The van der Waals surface area contributed by atoms with Gasteiger partial charge in [-0.1, -0.05) is 0 Å². The third-order valence-electron chi connectivity index (χ3n) is 3.69. The predicted molar refractivity (Wildman–Crippen MR) is 107 cm³/mol. The molecule has 0 spiro atoms. The van der Waals surface area contributed by atoms with E-state index in [-0.39, 0.29) is 17.9 Å². The van der Waals surface area contributed by atoms with Crippen molar-refractivity contribution in [3.8, 4) is 0 Å². The Morgan fingerprint density at radius 3 is 2.21 bits per heavy atom. The Morgan fingerprint density at radius 2 is 1.71 bits per heavy atom. The lowest BCUT2D eigenvalue weighted by Crippen LogP contribution is -2.58. The Kier molecular flexibility index (Phi) is 9.82. The van der Waals surface area contributed by atoms with E-state index in [1.54, 1.807) is 0 Å². The summed E-state index contributed by atoms with van der Waals surface area (Å²) >= 11 is 7.97. The van der Waals surface area contributed by atoms with Gasteiger partial charge in [-0.05, 0) is 6.92 Å². The second-order valence-electron chi connectivity index (χ2n) is 5.94. The van der Waals surface area contributed by atoms with E-state index in [0.717, 1.165) is 0 Å². The maximum absolute atomic E-state index is 12.5. The number of amides is 3. The van der Waals surface area contributed by atoms with E-state index < -0.39 is 47.9 Å². The van der Waals surface area contributed by atoms with E-state index in [9.17, 15) is 19.2 Å². The number of carboxylic acids is 1. The van der Waals surface area contributed by atoms with Crippen molar-refractivity contribution in [1.82, 2.24) is 25.9 Å². The Hall–Kier alpha value is -2.25. The molecule has 0 aliphatic rings. The van der Waals surface area contributed by atoms with Gasteiger partial charge in [0, 0.05) is 29.8 Å². The molecule has 4 atom stereocenters. The number of nitrogens with two attached hydrogens (primary N) is 1. The highest BCUT2D eigenvalue weighted by atomic mass is 32.1. The Balaban J connectivity index is 2.87. The molecule has 1 heterocycles. The minimum atomic E-state index is -1.22. The molecule has 0 radical (unpaired) electrons. The first-order valence-electron chi connectivity index (χ1n) is 8.28. The molecule has 0 aromatic carbocycles. The maximum Gasteiger partial charge on any atom is 0.325 e. The van der Waals surface area contributed by atoms with Crippen LogP contribution in [-0.4, -0.2) is 74.4 Å². The van der Waals surface area contributed by atoms with Gasteiger partial charge in [-0.3, -0.25) is 19.2 Å². The van der Waals surface area contributed by atoms with Crippen LogP contribution in [-0.2, 0) is 25.6 Å². The van der Waals surface area contributed by atoms with Gasteiger partial charge >= 0.3 is 5.97 Å². The predicted octanol–water partition coefficient (Wildman–Crippen LogP) is -2.30. The summed E-state index contributed by atoms with van der Waals surface area (Å²) in [6.45, 7) is 1.30. The third-order valence-corrected chi connectivity index (χ3v) is 4.45. The van der Waals surface area contributed by atoms with Crippen molar-refractivity contribution in [1.29, 1.82) is 0 Å². The fourth-order valence-electron chi connectivity index (χ4n) is 2.03. The summed E-state index contributed by atoms with van der Waals surface area (Å²) in [6, 6.07) is -4.20. The molecular weight excluding hydrogens is 408 g/mol. The van der Waals surface area contributed by atoms with E-state index in [2.05, 4.69) is 51.2 Å². The molecule has 0 fully saturated rings. The number of carbonyl (C=O) groups excluding carboxylic acids is 3. The number of nitrogens with zero attached hydrogens (tertiary/aromatic N) is 1. The summed E-state index contributed by atoms with van der Waals surface area (Å²) in [7, 11) is 0. The van der Waals surface area contributed by atoms with Crippen molar-refractivity contribution >= 4 is 48.9 Å². The van der Waals surface area contributed by atoms with Crippen molar-refractivity contribution in [2.45, 2.75) is 37.5 Å². The maximum atomic E-state index is 12.5. The van der Waals surface area contributed by atoms with Crippen LogP contribution >= 0.6 is 25.3 Å². The molecule has 1 rings (SSSR count). The zero-order chi connectivity index (χ0) is 21.3. The summed E-state index contributed by atoms with van der Waals surface area (Å²) in [4.78, 5) is 54.5. The van der Waals surface area contributed by atoms with Gasteiger partial charge in [-0.2, -0.15) is 25.3 Å². The number of nitrogens with one attached hydrogen (secondary N) is 4. The van der Waals surface area contributed by atoms with Crippen molar-refractivity contribution in [2.24, 2.45) is 5.73 Å². The van der Waals surface area contributed by atoms with E-state index in [1.165, 1.54) is 19.4 Å². The molecule has 156 valence electrons. The molecule has 13 heteroatoms. The Bertz CT molecular complexity index is 686. The summed E-state index contributed by atoms with van der Waals surface area (Å²) < 4.78 is 0. The van der Waals surface area contributed by atoms with Gasteiger partial charge in [-0.15, -0.1) is 0 Å². The van der Waals surface area contributed by atoms with Crippen LogP contribution in [0.15, 0.2) is 12.5 Å². The third kappa shape index (κ3) is 7.40. The van der Waals surface area contributed by atoms with Gasteiger partial charge in [-0.25, -0.2) is 4.98 Å². The normalized spacial score (nSPS) is 15.0. The average molecular weight is 433 g/mol. The number of thiol groups is 2. The molecule has 7 N–H and O–H groups in total. The highest BCUT2D eigenvalue weighted by Gasteiger charge is 2.29. The number of aromatic nitrogens is 2. The molecule has 1 aromatic heterocycles. The van der Waals surface area contributed by atoms with Crippen LogP contribution in [0.4, 0.5) is 0 Å². The molecule has 0 saturated carbocycles. The molecule has 0 aliphatic carbocycles. The highest BCUT2D eigenvalue weighted by molar-refractivity contribution is 7.80. The van der Waals surface area contributed by atoms with Crippen LogP contribution in [0.25, 0.3) is 0 Å². The summed E-state index contributed by atoms with van der Waals surface area (Å²) in [5.74, 6) is -3.13. The lowest BCUT2D eigenvalue weighted by molar-refractivity contribution is -0.141. The minimum Gasteiger partial charge on any atom is -0.480 e. The summed E-state index contributed by atoms with van der Waals surface area (Å²) in [5, 5.41) is 16.2. The fraction of sp³-hybridized carbons (Fsp3) is 0.533. The van der Waals surface area contributed by atoms with Crippen LogP contribution in [0.3, 0.4) is 0 Å². The number of rotatable bonds is 11. The van der Waals surface area contributed by atoms with Gasteiger partial charge in [0.2, 0.25) is 17.7 Å². The van der Waals surface area contributed by atoms with E-state index in [1.807, 2.05) is 0 Å². The zero-order valence-corrected chi connectivity index (χ0v) is 16.9. The lowest BCUT2D eigenvalue weighted by atomic mass is 10.1. The van der Waals surface area contributed by atoms with Gasteiger partial charge in [0.05, 0.1) is 12.4 Å². The number of carbonyl (C=O) groups is 4. The second kappa shape index (κ2) is 11.6. The van der Waals surface area contributed by atoms with Crippen LogP contribution < -0.4 is 21.7 Å². The molecule has 1 aromatic rings. The van der Waals surface area contributed by atoms with Gasteiger partial charge in [0.15, 0.2) is 0 Å². The first kappa shape index (κ1) is 23.8. The first-order valence-corrected chi connectivity index (χ1v) is 9.54. The lowest BCUT2D eigenvalue weighted by Gasteiger charge is -2.23. The molecule has 3 amide bonds. The van der Waals surface area contributed by atoms with Crippen LogP contribution in [0, 0.1) is 0 Å². The number of H-pyrrole nitrogens is 1. The highest BCUT2D eigenvalue weighted by Crippen LogP contribution is 2.02. The van der Waals surface area contributed by atoms with E-state index in [0.29, 0.717) is 5.69 Å². The van der Waals surface area contributed by atoms with Gasteiger partial charge < -0.3 is 31.8 Å². The molecule has 4 unspecified atom stereocenters. The molecule has 28 heavy (non-hydrogen) atoms. The van der Waals surface area contributed by atoms with Crippen molar-refractivity contribution < 1.29 is 24.3 Å². The Morgan fingerprint density at radius 1 is 1.11 bits per heavy atom. The van der Waals surface area contributed by atoms with Crippen LogP contribution in [0.2, 0.25) is 0 Å². The summed E-state index contributed by atoms with van der Waals surface area (Å²) in [6.07, 6.45) is 2.91. The van der Waals surface area contributed by atoms with Crippen LogP contribution in [0.1, 0.15) is 12.6 Å². The number of imidazole rings is 1. The number of aromatic amines is 1. The van der Waals surface area contributed by atoms with Crippen molar-refractivity contribution in [2.75, 3.05) is 11.5 Å². The number of carboxylic acid groups (broad SMARTS) is 1. The average Bonchev–Trinajstić information content (AvgIpc) is 3.17. The molecule has 0 aliphatic heterocycles.